The lowest BCUT2D eigenvalue weighted by Crippen LogP contribution is -2.10. The molecule has 0 aromatic carbocycles. The van der Waals surface area contributed by atoms with Crippen molar-refractivity contribution in [3.8, 4) is 0 Å². The first kappa shape index (κ1) is 11.6. The number of rotatable bonds is 0. The van der Waals surface area contributed by atoms with E-state index in [2.05, 4.69) is 9.97 Å². The zero-order chi connectivity index (χ0) is 10.5. The number of nitrogens with two attached hydrogens (primary N) is 1. The highest BCUT2D eigenvalue weighted by atomic mass is 32.3. The molecule has 8 nitrogen and oxygen atoms in total. The first-order chi connectivity index (χ1) is 5.79. The third-order valence-electron chi connectivity index (χ3n) is 0.692. The molecule has 0 radical (unpaired) electrons. The second-order valence-electron chi connectivity index (χ2n) is 1.77. The van der Waals surface area contributed by atoms with Crippen LogP contribution in [0.5, 0.6) is 0 Å². The Balaban J connectivity index is 0.000000252. The van der Waals surface area contributed by atoms with E-state index < -0.39 is 16.1 Å². The Kier molecular flexibility index (Phi) is 4.04. The van der Waals surface area contributed by atoms with Crippen LogP contribution < -0.4 is 11.4 Å². The summed E-state index contributed by atoms with van der Waals surface area (Å²) in [5.74, 6) is 0.244. The molecular weight excluding hydrogens is 202 g/mol. The molecule has 0 aliphatic heterocycles. The average molecular weight is 209 g/mol. The van der Waals surface area contributed by atoms with Crippen LogP contribution in [0.2, 0.25) is 0 Å². The summed E-state index contributed by atoms with van der Waals surface area (Å²) in [6, 6.07) is 1.52. The Morgan fingerprint density at radius 2 is 1.92 bits per heavy atom. The topological polar surface area (TPSA) is 146 Å². The van der Waals surface area contributed by atoms with Gasteiger partial charge in [-0.25, -0.2) is 4.79 Å². The van der Waals surface area contributed by atoms with Gasteiger partial charge >= 0.3 is 16.1 Å². The summed E-state index contributed by atoms with van der Waals surface area (Å²) in [5, 5.41) is 0. The van der Waals surface area contributed by atoms with Crippen molar-refractivity contribution in [3.05, 3.63) is 22.7 Å². The summed E-state index contributed by atoms with van der Waals surface area (Å²) in [6.07, 6.45) is 1.45. The lowest BCUT2D eigenvalue weighted by atomic mass is 10.6. The zero-order valence-corrected chi connectivity index (χ0v) is 7.02. The van der Waals surface area contributed by atoms with Crippen LogP contribution in [0.15, 0.2) is 17.1 Å². The van der Waals surface area contributed by atoms with Crippen LogP contribution in [0.4, 0.5) is 5.82 Å². The van der Waals surface area contributed by atoms with Gasteiger partial charge in [-0.2, -0.15) is 13.4 Å². The highest BCUT2D eigenvalue weighted by molar-refractivity contribution is 7.79. The standard InChI is InChI=1S/C4H5N3O.H2O4S/c5-3-1-2-6-4(8)7-3;1-5(2,3)4/h1-2H,(H3,5,6,7,8);(H2,1,2,3,4). The van der Waals surface area contributed by atoms with Gasteiger partial charge in [-0.3, -0.25) is 9.11 Å². The van der Waals surface area contributed by atoms with Crippen molar-refractivity contribution < 1.29 is 17.5 Å². The average Bonchev–Trinajstić information content (AvgIpc) is 1.81. The van der Waals surface area contributed by atoms with Gasteiger partial charge in [0.15, 0.2) is 0 Å². The molecule has 1 rings (SSSR count). The lowest BCUT2D eigenvalue weighted by Gasteiger charge is -1.83. The number of hydrogen-bond donors (Lipinski definition) is 4. The number of aromatic amines is 1. The maximum atomic E-state index is 10.2. The largest absolute Gasteiger partial charge is 0.394 e. The Morgan fingerprint density at radius 3 is 2.15 bits per heavy atom. The first-order valence-corrected chi connectivity index (χ1v) is 4.20. The first-order valence-electron chi connectivity index (χ1n) is 2.80. The molecule has 74 valence electrons. The molecule has 0 spiro atoms. The molecule has 0 saturated heterocycles. The Labute approximate surface area is 73.0 Å². The highest BCUT2D eigenvalue weighted by Crippen LogP contribution is 1.82. The molecule has 0 atom stereocenters. The van der Waals surface area contributed by atoms with Crippen LogP contribution in [-0.4, -0.2) is 27.5 Å². The third-order valence-corrected chi connectivity index (χ3v) is 0.692. The maximum Gasteiger partial charge on any atom is 0.394 e. The number of anilines is 1. The number of nitrogens with one attached hydrogen (secondary N) is 1. The molecule has 0 fully saturated rings. The van der Waals surface area contributed by atoms with E-state index in [1.807, 2.05) is 0 Å². The van der Waals surface area contributed by atoms with Crippen molar-refractivity contribution in [1.82, 2.24) is 9.97 Å². The minimum Gasteiger partial charge on any atom is -0.383 e. The van der Waals surface area contributed by atoms with Gasteiger partial charge in [0.25, 0.3) is 0 Å². The third kappa shape index (κ3) is 10.6. The van der Waals surface area contributed by atoms with Gasteiger partial charge < -0.3 is 10.7 Å². The molecular formula is C4H7N3O5S. The predicted octanol–water partition coefficient (Wildman–Crippen LogP) is -1.30. The van der Waals surface area contributed by atoms with E-state index in [9.17, 15) is 4.79 Å². The van der Waals surface area contributed by atoms with Gasteiger partial charge in [-0.05, 0) is 6.07 Å². The van der Waals surface area contributed by atoms with E-state index in [0.717, 1.165) is 0 Å². The van der Waals surface area contributed by atoms with E-state index in [4.69, 9.17) is 23.3 Å². The molecule has 0 unspecified atom stereocenters. The van der Waals surface area contributed by atoms with Crippen molar-refractivity contribution in [2.75, 3.05) is 5.73 Å². The SMILES string of the molecule is Nc1cc[nH]c(=O)n1.O=S(=O)(O)O. The molecule has 1 aromatic heterocycles. The smallest absolute Gasteiger partial charge is 0.383 e. The van der Waals surface area contributed by atoms with E-state index in [1.165, 1.54) is 12.3 Å². The fourth-order valence-electron chi connectivity index (χ4n) is 0.385. The van der Waals surface area contributed by atoms with E-state index in [0.29, 0.717) is 0 Å². The Morgan fingerprint density at radius 1 is 1.46 bits per heavy atom. The van der Waals surface area contributed by atoms with Crippen molar-refractivity contribution in [1.29, 1.82) is 0 Å². The summed E-state index contributed by atoms with van der Waals surface area (Å²) in [4.78, 5) is 15.9. The Hall–Kier alpha value is -1.45. The predicted molar refractivity (Wildman–Crippen MR) is 43.4 cm³/mol. The molecule has 0 amide bonds. The summed E-state index contributed by atoms with van der Waals surface area (Å²) in [6.45, 7) is 0. The summed E-state index contributed by atoms with van der Waals surface area (Å²) in [7, 11) is -4.67. The van der Waals surface area contributed by atoms with Crippen LogP contribution in [-0.2, 0) is 10.4 Å². The molecule has 0 aliphatic carbocycles. The molecule has 0 aliphatic rings. The summed E-state index contributed by atoms with van der Waals surface area (Å²) >= 11 is 0. The van der Waals surface area contributed by atoms with Crippen molar-refractivity contribution in [2.45, 2.75) is 0 Å². The quantitative estimate of drug-likeness (QED) is 0.388. The molecule has 0 saturated carbocycles. The Bertz CT molecular complexity index is 402. The molecule has 9 heteroatoms. The summed E-state index contributed by atoms with van der Waals surface area (Å²) in [5.41, 5.74) is 4.72. The molecule has 0 bridgehead atoms. The second-order valence-corrected chi connectivity index (χ2v) is 2.66. The fourth-order valence-corrected chi connectivity index (χ4v) is 0.385. The van der Waals surface area contributed by atoms with Crippen molar-refractivity contribution in [3.63, 3.8) is 0 Å². The van der Waals surface area contributed by atoms with Gasteiger partial charge in [0, 0.05) is 6.20 Å². The highest BCUT2D eigenvalue weighted by Gasteiger charge is 1.84. The van der Waals surface area contributed by atoms with E-state index in [1.54, 1.807) is 0 Å². The van der Waals surface area contributed by atoms with Crippen LogP contribution in [0.25, 0.3) is 0 Å². The van der Waals surface area contributed by atoms with Crippen LogP contribution in [0, 0.1) is 0 Å². The van der Waals surface area contributed by atoms with Gasteiger partial charge in [0.2, 0.25) is 0 Å². The minimum absolute atomic E-state index is 0.244. The minimum atomic E-state index is -4.67. The fraction of sp³-hybridized carbons (Fsp3) is 0. The lowest BCUT2D eigenvalue weighted by molar-refractivity contribution is 0.381. The van der Waals surface area contributed by atoms with Gasteiger partial charge in [0.05, 0.1) is 0 Å². The van der Waals surface area contributed by atoms with Crippen molar-refractivity contribution >= 4 is 16.2 Å². The van der Waals surface area contributed by atoms with Crippen LogP contribution in [0.3, 0.4) is 0 Å². The number of nitrogens with zero attached hydrogens (tertiary/aromatic N) is 1. The maximum absolute atomic E-state index is 10.2. The zero-order valence-electron chi connectivity index (χ0n) is 6.21. The van der Waals surface area contributed by atoms with Crippen LogP contribution >= 0.6 is 0 Å². The number of aromatic nitrogens is 2. The van der Waals surface area contributed by atoms with E-state index in [-0.39, 0.29) is 5.82 Å². The van der Waals surface area contributed by atoms with E-state index >= 15 is 0 Å². The molecule has 1 aromatic rings. The second kappa shape index (κ2) is 4.54. The molecule has 1 heterocycles. The monoisotopic (exact) mass is 209 g/mol. The summed E-state index contributed by atoms with van der Waals surface area (Å²) < 4.78 is 31.6. The molecule has 13 heavy (non-hydrogen) atoms. The van der Waals surface area contributed by atoms with Crippen molar-refractivity contribution in [2.24, 2.45) is 0 Å². The van der Waals surface area contributed by atoms with Gasteiger partial charge in [-0.15, -0.1) is 0 Å². The van der Waals surface area contributed by atoms with Crippen LogP contribution in [0.1, 0.15) is 0 Å². The number of H-pyrrole nitrogens is 1. The normalized spacial score (nSPS) is 10.0. The number of hydrogen-bond acceptors (Lipinski definition) is 5. The molecule has 5 N–H and O–H groups in total. The number of nitrogen functional groups attached to an aromatic ring is 1. The van der Waals surface area contributed by atoms with Gasteiger partial charge in [-0.1, -0.05) is 0 Å². The van der Waals surface area contributed by atoms with Gasteiger partial charge in [0.1, 0.15) is 5.82 Å².